The van der Waals surface area contributed by atoms with Crippen LogP contribution in [0.5, 0.6) is 11.5 Å². The standard InChI is InChI=1S/C17H18BrClO2/c1-11-4-6-12(7-5-11)10-14(19)13-8-9-15(20-2)16(18)17(13)21-3/h4-9,14H,10H2,1-3H3. The number of ether oxygens (including phenoxy) is 2. The van der Waals surface area contributed by atoms with E-state index in [1.165, 1.54) is 11.1 Å². The van der Waals surface area contributed by atoms with Crippen LogP contribution in [-0.4, -0.2) is 14.2 Å². The Morgan fingerprint density at radius 3 is 2.29 bits per heavy atom. The van der Waals surface area contributed by atoms with E-state index in [4.69, 9.17) is 21.1 Å². The number of hydrogen-bond donors (Lipinski definition) is 0. The van der Waals surface area contributed by atoms with E-state index in [1.807, 2.05) is 12.1 Å². The van der Waals surface area contributed by atoms with E-state index in [1.54, 1.807) is 14.2 Å². The molecule has 0 aliphatic heterocycles. The first-order valence-electron chi connectivity index (χ1n) is 6.66. The Bertz CT molecular complexity index is 611. The molecule has 0 aliphatic rings. The second kappa shape index (κ2) is 7.19. The maximum absolute atomic E-state index is 6.59. The first-order valence-corrected chi connectivity index (χ1v) is 7.89. The van der Waals surface area contributed by atoms with E-state index < -0.39 is 0 Å². The van der Waals surface area contributed by atoms with Crippen molar-refractivity contribution < 1.29 is 9.47 Å². The molecule has 2 rings (SSSR count). The van der Waals surface area contributed by atoms with Gasteiger partial charge in [-0.2, -0.15) is 0 Å². The minimum Gasteiger partial charge on any atom is -0.495 e. The Labute approximate surface area is 139 Å². The van der Waals surface area contributed by atoms with Crippen LogP contribution >= 0.6 is 27.5 Å². The highest BCUT2D eigenvalue weighted by atomic mass is 79.9. The van der Waals surface area contributed by atoms with E-state index in [-0.39, 0.29) is 5.38 Å². The number of rotatable bonds is 5. The molecule has 4 heteroatoms. The number of halogens is 2. The summed E-state index contributed by atoms with van der Waals surface area (Å²) < 4.78 is 11.6. The Morgan fingerprint density at radius 2 is 1.71 bits per heavy atom. The van der Waals surface area contributed by atoms with Gasteiger partial charge in [-0.1, -0.05) is 35.9 Å². The number of aryl methyl sites for hydroxylation is 1. The summed E-state index contributed by atoms with van der Waals surface area (Å²) in [5.74, 6) is 1.45. The normalized spacial score (nSPS) is 12.0. The van der Waals surface area contributed by atoms with Crippen molar-refractivity contribution in [2.75, 3.05) is 14.2 Å². The van der Waals surface area contributed by atoms with Crippen LogP contribution in [0.15, 0.2) is 40.9 Å². The van der Waals surface area contributed by atoms with Crippen molar-refractivity contribution in [3.8, 4) is 11.5 Å². The summed E-state index contributed by atoms with van der Waals surface area (Å²) in [6, 6.07) is 12.3. The monoisotopic (exact) mass is 368 g/mol. The molecule has 0 saturated carbocycles. The lowest BCUT2D eigenvalue weighted by atomic mass is 10.0. The van der Waals surface area contributed by atoms with Gasteiger partial charge in [-0.25, -0.2) is 0 Å². The minimum absolute atomic E-state index is 0.162. The maximum Gasteiger partial charge on any atom is 0.141 e. The summed E-state index contributed by atoms with van der Waals surface area (Å²) in [6.07, 6.45) is 0.747. The summed E-state index contributed by atoms with van der Waals surface area (Å²) in [6.45, 7) is 2.07. The van der Waals surface area contributed by atoms with E-state index in [9.17, 15) is 0 Å². The van der Waals surface area contributed by atoms with Crippen molar-refractivity contribution in [3.63, 3.8) is 0 Å². The molecule has 0 N–H and O–H groups in total. The van der Waals surface area contributed by atoms with E-state index >= 15 is 0 Å². The van der Waals surface area contributed by atoms with Crippen LogP contribution in [0.2, 0.25) is 0 Å². The van der Waals surface area contributed by atoms with Crippen LogP contribution in [0.1, 0.15) is 22.1 Å². The molecule has 0 heterocycles. The molecule has 0 aliphatic carbocycles. The third kappa shape index (κ3) is 3.72. The zero-order valence-electron chi connectivity index (χ0n) is 12.3. The molecule has 2 nitrogen and oxygen atoms in total. The molecule has 21 heavy (non-hydrogen) atoms. The van der Waals surface area contributed by atoms with Gasteiger partial charge in [0.15, 0.2) is 0 Å². The predicted molar refractivity (Wildman–Crippen MR) is 90.7 cm³/mol. The van der Waals surface area contributed by atoms with Gasteiger partial charge in [-0.15, -0.1) is 11.6 Å². The van der Waals surface area contributed by atoms with Crippen molar-refractivity contribution in [2.45, 2.75) is 18.7 Å². The number of methoxy groups -OCH3 is 2. The number of alkyl halides is 1. The van der Waals surface area contributed by atoms with Gasteiger partial charge in [0.2, 0.25) is 0 Å². The average molecular weight is 370 g/mol. The highest BCUT2D eigenvalue weighted by Crippen LogP contribution is 2.42. The summed E-state index contributed by atoms with van der Waals surface area (Å²) in [4.78, 5) is 0. The minimum atomic E-state index is -0.162. The van der Waals surface area contributed by atoms with E-state index in [0.29, 0.717) is 0 Å². The Morgan fingerprint density at radius 1 is 1.05 bits per heavy atom. The van der Waals surface area contributed by atoms with E-state index in [2.05, 4.69) is 47.1 Å². The average Bonchev–Trinajstić information content (AvgIpc) is 2.49. The Kier molecular flexibility index (Phi) is 5.54. The van der Waals surface area contributed by atoms with Gasteiger partial charge in [-0.3, -0.25) is 0 Å². The fourth-order valence-corrected chi connectivity index (χ4v) is 3.24. The fourth-order valence-electron chi connectivity index (χ4n) is 2.21. The molecule has 112 valence electrons. The molecule has 0 fully saturated rings. The molecule has 0 saturated heterocycles. The van der Waals surface area contributed by atoms with Crippen molar-refractivity contribution in [1.29, 1.82) is 0 Å². The molecule has 1 atom stereocenters. The van der Waals surface area contributed by atoms with Gasteiger partial charge >= 0.3 is 0 Å². The molecule has 0 radical (unpaired) electrons. The van der Waals surface area contributed by atoms with Gasteiger partial charge < -0.3 is 9.47 Å². The smallest absolute Gasteiger partial charge is 0.141 e. The van der Waals surface area contributed by atoms with Crippen LogP contribution in [0.3, 0.4) is 0 Å². The Balaban J connectivity index is 2.28. The second-order valence-electron chi connectivity index (χ2n) is 4.86. The summed E-state index contributed by atoms with van der Waals surface area (Å²) >= 11 is 10.1. The molecule has 2 aromatic carbocycles. The summed E-state index contributed by atoms with van der Waals surface area (Å²) in [7, 11) is 3.27. The van der Waals surface area contributed by atoms with Gasteiger partial charge in [-0.05, 0) is 40.9 Å². The van der Waals surface area contributed by atoms with Crippen molar-refractivity contribution in [2.24, 2.45) is 0 Å². The van der Waals surface area contributed by atoms with E-state index in [0.717, 1.165) is 28.0 Å². The number of benzene rings is 2. The second-order valence-corrected chi connectivity index (χ2v) is 6.18. The van der Waals surface area contributed by atoms with Crippen molar-refractivity contribution >= 4 is 27.5 Å². The maximum atomic E-state index is 6.59. The van der Waals surface area contributed by atoms with Crippen LogP contribution in [0, 0.1) is 6.92 Å². The Hall–Kier alpha value is -1.19. The summed E-state index contributed by atoms with van der Waals surface area (Å²) in [5, 5.41) is -0.162. The van der Waals surface area contributed by atoms with Gasteiger partial charge in [0.1, 0.15) is 16.0 Å². The quantitative estimate of drug-likeness (QED) is 0.666. The lowest BCUT2D eigenvalue weighted by Crippen LogP contribution is -2.01. The highest BCUT2D eigenvalue weighted by molar-refractivity contribution is 9.10. The summed E-state index contributed by atoms with van der Waals surface area (Å²) in [5.41, 5.74) is 3.40. The highest BCUT2D eigenvalue weighted by Gasteiger charge is 2.19. The van der Waals surface area contributed by atoms with Gasteiger partial charge in [0.25, 0.3) is 0 Å². The van der Waals surface area contributed by atoms with Crippen LogP contribution < -0.4 is 9.47 Å². The first kappa shape index (κ1) is 16.2. The molecule has 0 aromatic heterocycles. The molecule has 0 spiro atoms. The number of hydrogen-bond acceptors (Lipinski definition) is 2. The lowest BCUT2D eigenvalue weighted by molar-refractivity contribution is 0.386. The van der Waals surface area contributed by atoms with Gasteiger partial charge in [0.05, 0.1) is 19.6 Å². The third-order valence-corrected chi connectivity index (χ3v) is 4.53. The van der Waals surface area contributed by atoms with Crippen molar-refractivity contribution in [3.05, 3.63) is 57.6 Å². The van der Waals surface area contributed by atoms with Crippen LogP contribution in [0.4, 0.5) is 0 Å². The lowest BCUT2D eigenvalue weighted by Gasteiger charge is -2.17. The van der Waals surface area contributed by atoms with Gasteiger partial charge in [0, 0.05) is 5.56 Å². The van der Waals surface area contributed by atoms with Crippen LogP contribution in [0.25, 0.3) is 0 Å². The molecule has 2 aromatic rings. The first-order chi connectivity index (χ1) is 10.1. The topological polar surface area (TPSA) is 18.5 Å². The molecule has 0 bridgehead atoms. The largest absolute Gasteiger partial charge is 0.495 e. The SMILES string of the molecule is COc1ccc(C(Cl)Cc2ccc(C)cc2)c(OC)c1Br. The van der Waals surface area contributed by atoms with Crippen LogP contribution in [-0.2, 0) is 6.42 Å². The zero-order valence-corrected chi connectivity index (χ0v) is 14.7. The zero-order chi connectivity index (χ0) is 15.4. The fraction of sp³-hybridized carbons (Fsp3) is 0.294. The predicted octanol–water partition coefficient (Wildman–Crippen LogP) is 5.30. The third-order valence-electron chi connectivity index (χ3n) is 3.39. The van der Waals surface area contributed by atoms with Crippen molar-refractivity contribution in [1.82, 2.24) is 0 Å². The molecule has 0 amide bonds. The molecule has 1 unspecified atom stereocenters. The molecular formula is C17H18BrClO2. The molecular weight excluding hydrogens is 352 g/mol.